The van der Waals surface area contributed by atoms with E-state index >= 15 is 4.39 Å². The molecule has 0 radical (unpaired) electrons. The summed E-state index contributed by atoms with van der Waals surface area (Å²) in [5, 5.41) is 20.3. The number of hydrogen-bond acceptors (Lipinski definition) is 10. The highest BCUT2D eigenvalue weighted by atomic mass is 19.2. The van der Waals surface area contributed by atoms with Crippen LogP contribution < -0.4 is 11.2 Å². The van der Waals surface area contributed by atoms with Gasteiger partial charge in [-0.3, -0.25) is 14.2 Å². The van der Waals surface area contributed by atoms with E-state index in [1.165, 1.54) is 13.8 Å². The Hall–Kier alpha value is -2.61. The zero-order valence-corrected chi connectivity index (χ0v) is 17.6. The lowest BCUT2D eigenvalue weighted by Gasteiger charge is -2.23. The minimum Gasteiger partial charge on any atom is -0.459 e. The standard InChI is InChI=1S/C18H26FN3O9/c1-10(2)15(26)30-9-18(19)13(25)12(24)14(31-18)21-6-5-11(23)22(16(21)27)17(28)29-8-7-20(3)4/h5-6,10,12-14,24-25H,7-9H2,1-4H3/t12-,13+,14-,18-/m1/s1. The molecule has 0 spiro atoms. The molecule has 0 aromatic carbocycles. The number of aliphatic hydroxyl groups excluding tert-OH is 2. The molecule has 0 aliphatic carbocycles. The molecule has 12 nitrogen and oxygen atoms in total. The highest BCUT2D eigenvalue weighted by Crippen LogP contribution is 2.38. The Morgan fingerprint density at radius 2 is 1.94 bits per heavy atom. The lowest BCUT2D eigenvalue weighted by atomic mass is 10.1. The fourth-order valence-corrected chi connectivity index (χ4v) is 2.66. The summed E-state index contributed by atoms with van der Waals surface area (Å²) in [4.78, 5) is 50.1. The van der Waals surface area contributed by atoms with Crippen molar-refractivity contribution in [2.24, 2.45) is 5.92 Å². The van der Waals surface area contributed by atoms with Crippen molar-refractivity contribution in [1.82, 2.24) is 14.0 Å². The third-order valence-electron chi connectivity index (χ3n) is 4.49. The Bertz CT molecular complexity index is 929. The van der Waals surface area contributed by atoms with Crippen LogP contribution in [-0.2, 0) is 19.0 Å². The van der Waals surface area contributed by atoms with Gasteiger partial charge in [0.15, 0.2) is 12.8 Å². The number of carbonyl (C=O) groups excluding carboxylic acids is 2. The number of hydrogen-bond donors (Lipinski definition) is 2. The topological polar surface area (TPSA) is 150 Å². The highest BCUT2D eigenvalue weighted by Gasteiger charge is 2.57. The maximum absolute atomic E-state index is 15.0. The largest absolute Gasteiger partial charge is 0.459 e. The maximum Gasteiger partial charge on any atom is 0.425 e. The number of nitrogens with zero attached hydrogens (tertiary/aromatic N) is 3. The molecule has 174 valence electrons. The molecule has 0 unspecified atom stereocenters. The molecular weight excluding hydrogens is 421 g/mol. The second-order valence-electron chi connectivity index (χ2n) is 7.59. The first-order chi connectivity index (χ1) is 14.4. The van der Waals surface area contributed by atoms with E-state index in [1.54, 1.807) is 19.0 Å². The predicted molar refractivity (Wildman–Crippen MR) is 102 cm³/mol. The summed E-state index contributed by atoms with van der Waals surface area (Å²) < 4.78 is 30.4. The van der Waals surface area contributed by atoms with Crippen molar-refractivity contribution in [3.8, 4) is 0 Å². The van der Waals surface area contributed by atoms with Crippen molar-refractivity contribution < 1.29 is 38.4 Å². The number of esters is 1. The van der Waals surface area contributed by atoms with Gasteiger partial charge in [-0.05, 0) is 14.1 Å². The Labute approximate surface area is 176 Å². The van der Waals surface area contributed by atoms with Crippen LogP contribution >= 0.6 is 0 Å². The molecule has 1 aromatic heterocycles. The fourth-order valence-electron chi connectivity index (χ4n) is 2.66. The highest BCUT2D eigenvalue weighted by molar-refractivity contribution is 5.71. The van der Waals surface area contributed by atoms with E-state index in [-0.39, 0.29) is 11.2 Å². The van der Waals surface area contributed by atoms with Crippen LogP contribution in [0, 0.1) is 5.92 Å². The van der Waals surface area contributed by atoms with E-state index < -0.39 is 60.1 Å². The third kappa shape index (κ3) is 5.36. The number of rotatable bonds is 7. The summed E-state index contributed by atoms with van der Waals surface area (Å²) in [5.41, 5.74) is -2.29. The summed E-state index contributed by atoms with van der Waals surface area (Å²) in [7, 11) is 3.45. The number of alkyl halides is 1. The van der Waals surface area contributed by atoms with Gasteiger partial charge in [-0.15, -0.1) is 0 Å². The molecule has 0 saturated carbocycles. The average molecular weight is 447 g/mol. The number of aliphatic hydroxyl groups is 2. The van der Waals surface area contributed by atoms with Crippen LogP contribution in [0.4, 0.5) is 9.18 Å². The van der Waals surface area contributed by atoms with Gasteiger partial charge in [-0.1, -0.05) is 13.8 Å². The minimum absolute atomic E-state index is 0.108. The van der Waals surface area contributed by atoms with E-state index in [2.05, 4.69) is 0 Å². The zero-order chi connectivity index (χ0) is 23.5. The number of ether oxygens (including phenoxy) is 3. The summed E-state index contributed by atoms with van der Waals surface area (Å²) in [6.45, 7) is 2.20. The van der Waals surface area contributed by atoms with E-state index in [0.29, 0.717) is 11.1 Å². The first kappa shape index (κ1) is 24.7. The fraction of sp³-hybridized carbons (Fsp3) is 0.667. The summed E-state index contributed by atoms with van der Waals surface area (Å²) in [6, 6.07) is 0.814. The second-order valence-corrected chi connectivity index (χ2v) is 7.59. The quantitative estimate of drug-likeness (QED) is 0.482. The van der Waals surface area contributed by atoms with Crippen LogP contribution in [0.3, 0.4) is 0 Å². The Morgan fingerprint density at radius 1 is 1.29 bits per heavy atom. The van der Waals surface area contributed by atoms with Crippen LogP contribution in [0.25, 0.3) is 0 Å². The van der Waals surface area contributed by atoms with Crippen LogP contribution in [0.15, 0.2) is 21.9 Å². The molecule has 2 N–H and O–H groups in total. The number of halogens is 1. The summed E-state index contributed by atoms with van der Waals surface area (Å²) >= 11 is 0. The van der Waals surface area contributed by atoms with Gasteiger partial charge in [0, 0.05) is 18.8 Å². The van der Waals surface area contributed by atoms with Crippen molar-refractivity contribution in [2.45, 2.75) is 38.1 Å². The molecule has 1 fully saturated rings. The molecule has 2 heterocycles. The van der Waals surface area contributed by atoms with Crippen molar-refractivity contribution in [1.29, 1.82) is 0 Å². The average Bonchev–Trinajstić information content (AvgIpc) is 2.90. The van der Waals surface area contributed by atoms with Crippen LogP contribution in [0.5, 0.6) is 0 Å². The van der Waals surface area contributed by atoms with Crippen molar-refractivity contribution in [3.05, 3.63) is 33.1 Å². The van der Waals surface area contributed by atoms with Crippen LogP contribution in [-0.4, -0.2) is 88.2 Å². The molecule has 13 heteroatoms. The van der Waals surface area contributed by atoms with Gasteiger partial charge >= 0.3 is 17.8 Å². The van der Waals surface area contributed by atoms with Gasteiger partial charge in [-0.25, -0.2) is 14.0 Å². The van der Waals surface area contributed by atoms with Gasteiger partial charge in [-0.2, -0.15) is 4.57 Å². The molecule has 2 rings (SSSR count). The second kappa shape index (κ2) is 9.68. The molecule has 31 heavy (non-hydrogen) atoms. The number of aromatic nitrogens is 2. The Morgan fingerprint density at radius 3 is 2.52 bits per heavy atom. The SMILES string of the molecule is CC(C)C(=O)OC[C@@]1(F)O[C@@H](n2ccc(=O)n(C(=O)OCCN(C)C)c2=O)[C@H](O)[C@@H]1O. The molecule has 0 bridgehead atoms. The Balaban J connectivity index is 2.28. The molecule has 0 amide bonds. The van der Waals surface area contributed by atoms with Gasteiger partial charge in [0.05, 0.1) is 5.92 Å². The van der Waals surface area contributed by atoms with E-state index in [4.69, 9.17) is 14.2 Å². The first-order valence-corrected chi connectivity index (χ1v) is 9.44. The zero-order valence-electron chi connectivity index (χ0n) is 17.6. The van der Waals surface area contributed by atoms with Crippen LogP contribution in [0.2, 0.25) is 0 Å². The van der Waals surface area contributed by atoms with Crippen molar-refractivity contribution in [2.75, 3.05) is 33.9 Å². The first-order valence-electron chi connectivity index (χ1n) is 9.44. The predicted octanol–water partition coefficient (Wildman–Crippen LogP) is -1.33. The molecule has 1 aromatic rings. The number of carbonyl (C=O) groups is 2. The minimum atomic E-state index is -3.03. The number of likely N-dealkylation sites (N-methyl/N-ethyl adjacent to an activating group) is 1. The molecule has 1 saturated heterocycles. The normalized spacial score (nSPS) is 25.8. The summed E-state index contributed by atoms with van der Waals surface area (Å²) in [5.74, 6) is -4.37. The monoisotopic (exact) mass is 447 g/mol. The van der Waals surface area contributed by atoms with E-state index in [1.807, 2.05) is 0 Å². The van der Waals surface area contributed by atoms with Gasteiger partial charge in [0.25, 0.3) is 11.4 Å². The van der Waals surface area contributed by atoms with Gasteiger partial charge in [0.1, 0.15) is 18.8 Å². The van der Waals surface area contributed by atoms with Crippen molar-refractivity contribution >= 4 is 12.1 Å². The molecule has 1 aliphatic rings. The lowest BCUT2D eigenvalue weighted by Crippen LogP contribution is -2.46. The van der Waals surface area contributed by atoms with Crippen LogP contribution in [0.1, 0.15) is 20.1 Å². The molecular formula is C18H26FN3O9. The smallest absolute Gasteiger partial charge is 0.425 e. The van der Waals surface area contributed by atoms with E-state index in [0.717, 1.165) is 12.3 Å². The van der Waals surface area contributed by atoms with Gasteiger partial charge < -0.3 is 29.3 Å². The molecule has 1 aliphatic heterocycles. The lowest BCUT2D eigenvalue weighted by molar-refractivity contribution is -0.218. The summed E-state index contributed by atoms with van der Waals surface area (Å²) in [6.07, 6.45) is -6.36. The van der Waals surface area contributed by atoms with Gasteiger partial charge in [0.2, 0.25) is 0 Å². The van der Waals surface area contributed by atoms with Crippen molar-refractivity contribution in [3.63, 3.8) is 0 Å². The maximum atomic E-state index is 15.0. The Kier molecular flexibility index (Phi) is 7.70. The molecule has 4 atom stereocenters. The third-order valence-corrected chi connectivity index (χ3v) is 4.49. The van der Waals surface area contributed by atoms with E-state index in [9.17, 15) is 29.4 Å².